The first-order chi connectivity index (χ1) is 12.7. The summed E-state index contributed by atoms with van der Waals surface area (Å²) in [6.45, 7) is 6.79. The number of piperidine rings is 1. The van der Waals surface area contributed by atoms with Gasteiger partial charge in [0.05, 0.1) is 5.92 Å². The number of H-pyrrole nitrogens is 1. The number of likely N-dealkylation sites (tertiary alicyclic amines) is 2. The number of carbonyl (C=O) groups excluding carboxylic acids is 1. The molecular weight excluding hydrogens is 324 g/mol. The Hall–Kier alpha value is -2.14. The maximum atomic E-state index is 13.1. The molecule has 0 aliphatic carbocycles. The minimum atomic E-state index is 0.141. The molecule has 2 aromatic rings. The van der Waals surface area contributed by atoms with Gasteiger partial charge in [-0.05, 0) is 30.4 Å². The first kappa shape index (κ1) is 17.3. The van der Waals surface area contributed by atoms with Gasteiger partial charge < -0.3 is 4.90 Å². The lowest BCUT2D eigenvalue weighted by molar-refractivity contribution is -0.137. The second kappa shape index (κ2) is 7.62. The van der Waals surface area contributed by atoms with Crippen LogP contribution in [0.2, 0.25) is 0 Å². The normalized spacial score (nSPS) is 24.9. The van der Waals surface area contributed by atoms with Crippen LogP contribution >= 0.6 is 0 Å². The van der Waals surface area contributed by atoms with E-state index >= 15 is 0 Å². The summed E-state index contributed by atoms with van der Waals surface area (Å²) in [5.74, 6) is 1.44. The number of aromatic nitrogens is 2. The second-order valence-corrected chi connectivity index (χ2v) is 7.88. The number of hydrogen-bond donors (Lipinski definition) is 1. The van der Waals surface area contributed by atoms with Crippen molar-refractivity contribution in [3.8, 4) is 0 Å². The monoisotopic (exact) mass is 352 g/mol. The quantitative estimate of drug-likeness (QED) is 0.920. The molecule has 0 radical (unpaired) electrons. The summed E-state index contributed by atoms with van der Waals surface area (Å²) in [7, 11) is 0. The predicted octanol–water partition coefficient (Wildman–Crippen LogP) is 2.88. The van der Waals surface area contributed by atoms with Gasteiger partial charge in [0, 0.05) is 50.5 Å². The highest BCUT2D eigenvalue weighted by Gasteiger charge is 2.38. The predicted molar refractivity (Wildman–Crippen MR) is 102 cm³/mol. The molecule has 138 valence electrons. The molecule has 5 heteroatoms. The molecule has 0 bridgehead atoms. The Balaban J connectivity index is 1.32. The molecule has 0 spiro atoms. The molecule has 1 aromatic heterocycles. The SMILES string of the molecule is C[C@@H]1CN(Cc2ccccc2)C[C@H]1C(=O)N1CCC(c2ccn[nH]2)CC1. The Bertz CT molecular complexity index is 707. The van der Waals surface area contributed by atoms with Gasteiger partial charge in [0.2, 0.25) is 5.91 Å². The van der Waals surface area contributed by atoms with Gasteiger partial charge in [-0.3, -0.25) is 14.8 Å². The molecule has 2 atom stereocenters. The Kier molecular flexibility index (Phi) is 5.07. The van der Waals surface area contributed by atoms with Crippen LogP contribution in [0.25, 0.3) is 0 Å². The van der Waals surface area contributed by atoms with Crippen LogP contribution in [0.1, 0.15) is 36.9 Å². The molecule has 4 rings (SSSR count). The van der Waals surface area contributed by atoms with Crippen LogP contribution < -0.4 is 0 Å². The van der Waals surface area contributed by atoms with Crippen molar-refractivity contribution in [3.05, 3.63) is 53.9 Å². The molecular formula is C21H28N4O. The van der Waals surface area contributed by atoms with Crippen LogP contribution in [-0.4, -0.2) is 52.1 Å². The van der Waals surface area contributed by atoms with E-state index in [1.54, 1.807) is 0 Å². The Morgan fingerprint density at radius 1 is 1.15 bits per heavy atom. The molecule has 2 aliphatic heterocycles. The first-order valence-electron chi connectivity index (χ1n) is 9.75. The average Bonchev–Trinajstić information content (AvgIpc) is 3.32. The summed E-state index contributed by atoms with van der Waals surface area (Å²) in [4.78, 5) is 17.6. The van der Waals surface area contributed by atoms with Gasteiger partial charge >= 0.3 is 0 Å². The van der Waals surface area contributed by atoms with E-state index in [1.165, 1.54) is 11.3 Å². The number of rotatable bonds is 4. The van der Waals surface area contributed by atoms with Gasteiger partial charge in [0.25, 0.3) is 0 Å². The number of aromatic amines is 1. The highest BCUT2D eigenvalue weighted by Crippen LogP contribution is 2.30. The number of nitrogens with one attached hydrogen (secondary N) is 1. The Morgan fingerprint density at radius 2 is 1.92 bits per heavy atom. The second-order valence-electron chi connectivity index (χ2n) is 7.88. The van der Waals surface area contributed by atoms with Gasteiger partial charge in [-0.2, -0.15) is 5.10 Å². The van der Waals surface area contributed by atoms with Crippen molar-refractivity contribution >= 4 is 5.91 Å². The lowest BCUT2D eigenvalue weighted by atomic mass is 9.91. The number of benzene rings is 1. The van der Waals surface area contributed by atoms with Crippen molar-refractivity contribution in [2.45, 2.75) is 32.2 Å². The van der Waals surface area contributed by atoms with E-state index in [0.717, 1.165) is 45.6 Å². The van der Waals surface area contributed by atoms with Crippen LogP contribution in [0.5, 0.6) is 0 Å². The van der Waals surface area contributed by atoms with Gasteiger partial charge in [-0.1, -0.05) is 37.3 Å². The first-order valence-corrected chi connectivity index (χ1v) is 9.75. The smallest absolute Gasteiger partial charge is 0.227 e. The zero-order valence-electron chi connectivity index (χ0n) is 15.5. The number of amides is 1. The fourth-order valence-corrected chi connectivity index (χ4v) is 4.50. The van der Waals surface area contributed by atoms with E-state index in [9.17, 15) is 4.79 Å². The van der Waals surface area contributed by atoms with E-state index in [1.807, 2.05) is 6.20 Å². The summed E-state index contributed by atoms with van der Waals surface area (Å²) in [5.41, 5.74) is 2.54. The summed E-state index contributed by atoms with van der Waals surface area (Å²) in [6, 6.07) is 12.6. The number of carbonyl (C=O) groups is 1. The van der Waals surface area contributed by atoms with Crippen molar-refractivity contribution < 1.29 is 4.79 Å². The van der Waals surface area contributed by atoms with Crippen LogP contribution in [-0.2, 0) is 11.3 Å². The third kappa shape index (κ3) is 3.68. The van der Waals surface area contributed by atoms with Gasteiger partial charge in [-0.15, -0.1) is 0 Å². The van der Waals surface area contributed by atoms with Gasteiger partial charge in [-0.25, -0.2) is 0 Å². The summed E-state index contributed by atoms with van der Waals surface area (Å²) in [6.07, 6.45) is 3.87. The van der Waals surface area contributed by atoms with Gasteiger partial charge in [0.1, 0.15) is 0 Å². The zero-order chi connectivity index (χ0) is 17.9. The molecule has 3 heterocycles. The topological polar surface area (TPSA) is 52.2 Å². The fraction of sp³-hybridized carbons (Fsp3) is 0.524. The van der Waals surface area contributed by atoms with Gasteiger partial charge in [0.15, 0.2) is 0 Å². The molecule has 0 unspecified atom stereocenters. The molecule has 0 saturated carbocycles. The maximum Gasteiger partial charge on any atom is 0.227 e. The fourth-order valence-electron chi connectivity index (χ4n) is 4.50. The molecule has 2 aliphatic rings. The van der Waals surface area contributed by atoms with Crippen LogP contribution in [0, 0.1) is 11.8 Å². The maximum absolute atomic E-state index is 13.1. The third-order valence-electron chi connectivity index (χ3n) is 6.02. The molecule has 26 heavy (non-hydrogen) atoms. The van der Waals surface area contributed by atoms with Crippen molar-refractivity contribution in [3.63, 3.8) is 0 Å². The van der Waals surface area contributed by atoms with E-state index in [2.05, 4.69) is 63.3 Å². The minimum absolute atomic E-state index is 0.141. The minimum Gasteiger partial charge on any atom is -0.342 e. The highest BCUT2D eigenvalue weighted by atomic mass is 16.2. The molecule has 1 aromatic carbocycles. The van der Waals surface area contributed by atoms with E-state index in [4.69, 9.17) is 0 Å². The van der Waals surface area contributed by atoms with Crippen LogP contribution in [0.15, 0.2) is 42.6 Å². The largest absolute Gasteiger partial charge is 0.342 e. The van der Waals surface area contributed by atoms with E-state index in [-0.39, 0.29) is 5.92 Å². The number of nitrogens with zero attached hydrogens (tertiary/aromatic N) is 3. The zero-order valence-corrected chi connectivity index (χ0v) is 15.5. The van der Waals surface area contributed by atoms with E-state index in [0.29, 0.717) is 17.7 Å². The van der Waals surface area contributed by atoms with Crippen molar-refractivity contribution in [2.24, 2.45) is 11.8 Å². The number of hydrogen-bond acceptors (Lipinski definition) is 3. The lowest BCUT2D eigenvalue weighted by Gasteiger charge is -2.33. The molecule has 5 nitrogen and oxygen atoms in total. The van der Waals surface area contributed by atoms with E-state index < -0.39 is 0 Å². The Labute approximate surface area is 155 Å². The highest BCUT2D eigenvalue weighted by molar-refractivity contribution is 5.80. The van der Waals surface area contributed by atoms with Crippen LogP contribution in [0.3, 0.4) is 0 Å². The standard InChI is InChI=1S/C21H28N4O/c1-16-13-24(14-17-5-3-2-4-6-17)15-19(16)21(26)25-11-8-18(9-12-25)20-7-10-22-23-20/h2-7,10,16,18-19H,8-9,11-15H2,1H3,(H,22,23)/t16-,19-/m1/s1. The molecule has 1 N–H and O–H groups in total. The molecule has 1 amide bonds. The van der Waals surface area contributed by atoms with Crippen molar-refractivity contribution in [2.75, 3.05) is 26.2 Å². The summed E-state index contributed by atoms with van der Waals surface area (Å²) in [5, 5.41) is 7.14. The summed E-state index contributed by atoms with van der Waals surface area (Å²) >= 11 is 0. The van der Waals surface area contributed by atoms with Crippen molar-refractivity contribution in [1.82, 2.24) is 20.0 Å². The lowest BCUT2D eigenvalue weighted by Crippen LogP contribution is -2.43. The summed E-state index contributed by atoms with van der Waals surface area (Å²) < 4.78 is 0. The Morgan fingerprint density at radius 3 is 2.62 bits per heavy atom. The third-order valence-corrected chi connectivity index (χ3v) is 6.02. The average molecular weight is 352 g/mol. The molecule has 2 fully saturated rings. The van der Waals surface area contributed by atoms with Crippen LogP contribution in [0.4, 0.5) is 0 Å². The molecule has 2 saturated heterocycles. The van der Waals surface area contributed by atoms with Crippen molar-refractivity contribution in [1.29, 1.82) is 0 Å².